The Labute approximate surface area is 169 Å². The van der Waals surface area contributed by atoms with Gasteiger partial charge in [-0.25, -0.2) is 4.98 Å². The Morgan fingerprint density at radius 2 is 2.00 bits per heavy atom. The topological polar surface area (TPSA) is 86.9 Å². The molecule has 2 aromatic carbocycles. The second-order valence-corrected chi connectivity index (χ2v) is 8.09. The summed E-state index contributed by atoms with van der Waals surface area (Å²) >= 11 is 0. The molecule has 29 heavy (non-hydrogen) atoms. The highest BCUT2D eigenvalue weighted by Crippen LogP contribution is 2.32. The van der Waals surface area contributed by atoms with Gasteiger partial charge in [0.25, 0.3) is 5.91 Å². The summed E-state index contributed by atoms with van der Waals surface area (Å²) in [6.45, 7) is 0. The van der Waals surface area contributed by atoms with E-state index in [1.54, 1.807) is 6.07 Å². The van der Waals surface area contributed by atoms with Crippen LogP contribution >= 0.6 is 0 Å². The number of hydrogen-bond acceptors (Lipinski definition) is 3. The third-order valence-electron chi connectivity index (χ3n) is 6.07. The lowest BCUT2D eigenvalue weighted by Crippen LogP contribution is -2.38. The van der Waals surface area contributed by atoms with E-state index in [-0.39, 0.29) is 17.9 Å². The Kier molecular flexibility index (Phi) is 4.54. The second kappa shape index (κ2) is 7.35. The molecule has 2 heterocycles. The minimum atomic E-state index is -0.0417. The van der Waals surface area contributed by atoms with Crippen LogP contribution < -0.4 is 10.6 Å². The molecule has 1 fully saturated rings. The van der Waals surface area contributed by atoms with Crippen molar-refractivity contribution in [1.82, 2.24) is 15.3 Å². The number of benzene rings is 2. The van der Waals surface area contributed by atoms with Gasteiger partial charge in [-0.15, -0.1) is 0 Å². The van der Waals surface area contributed by atoms with E-state index in [0.29, 0.717) is 24.3 Å². The minimum Gasteiger partial charge on any atom is -0.349 e. The Hall–Kier alpha value is -3.15. The summed E-state index contributed by atoms with van der Waals surface area (Å²) in [7, 11) is 0. The van der Waals surface area contributed by atoms with E-state index in [2.05, 4.69) is 15.6 Å². The van der Waals surface area contributed by atoms with Crippen LogP contribution in [0.3, 0.4) is 0 Å². The Morgan fingerprint density at radius 1 is 1.10 bits per heavy atom. The number of rotatable bonds is 3. The molecule has 6 heteroatoms. The zero-order valence-corrected chi connectivity index (χ0v) is 16.2. The highest BCUT2D eigenvalue weighted by Gasteiger charge is 2.27. The Morgan fingerprint density at radius 3 is 2.90 bits per heavy atom. The largest absolute Gasteiger partial charge is 0.349 e. The first-order valence-electron chi connectivity index (χ1n) is 10.3. The molecule has 3 N–H and O–H groups in total. The van der Waals surface area contributed by atoms with Gasteiger partial charge in [0.1, 0.15) is 5.82 Å². The first-order chi connectivity index (χ1) is 14.2. The van der Waals surface area contributed by atoms with Gasteiger partial charge < -0.3 is 15.6 Å². The lowest BCUT2D eigenvalue weighted by atomic mass is 9.85. The number of imidazole rings is 1. The van der Waals surface area contributed by atoms with Gasteiger partial charge in [-0.3, -0.25) is 9.59 Å². The second-order valence-electron chi connectivity index (χ2n) is 8.09. The lowest BCUT2D eigenvalue weighted by molar-refractivity contribution is -0.116. The molecule has 1 aromatic heterocycles. The van der Waals surface area contributed by atoms with Gasteiger partial charge in [-0.05, 0) is 61.6 Å². The number of aromatic nitrogens is 2. The van der Waals surface area contributed by atoms with Gasteiger partial charge in [0.2, 0.25) is 5.91 Å². The summed E-state index contributed by atoms with van der Waals surface area (Å²) in [4.78, 5) is 32.5. The number of carbonyl (C=O) groups is 2. The van der Waals surface area contributed by atoms with Crippen molar-refractivity contribution < 1.29 is 9.59 Å². The van der Waals surface area contributed by atoms with Crippen LogP contribution in [0.25, 0.3) is 11.0 Å². The first-order valence-corrected chi connectivity index (χ1v) is 10.3. The number of para-hydroxylation sites is 2. The van der Waals surface area contributed by atoms with Crippen LogP contribution in [0.2, 0.25) is 0 Å². The van der Waals surface area contributed by atoms with Gasteiger partial charge in [0.15, 0.2) is 0 Å². The average molecular weight is 388 g/mol. The predicted octanol–water partition coefficient (Wildman–Crippen LogP) is 3.90. The number of nitrogens with zero attached hydrogens (tertiary/aromatic N) is 1. The van der Waals surface area contributed by atoms with Crippen molar-refractivity contribution in [1.29, 1.82) is 0 Å². The van der Waals surface area contributed by atoms with E-state index < -0.39 is 0 Å². The normalized spacial score (nSPS) is 21.4. The minimum absolute atomic E-state index is 0.0357. The fourth-order valence-electron chi connectivity index (χ4n) is 4.53. The fourth-order valence-corrected chi connectivity index (χ4v) is 4.53. The molecule has 1 aliphatic carbocycles. The van der Waals surface area contributed by atoms with Crippen LogP contribution in [0.1, 0.15) is 59.8 Å². The molecule has 1 saturated carbocycles. The van der Waals surface area contributed by atoms with Crippen molar-refractivity contribution in [2.75, 3.05) is 5.32 Å². The van der Waals surface area contributed by atoms with E-state index in [1.807, 2.05) is 36.4 Å². The van der Waals surface area contributed by atoms with Gasteiger partial charge >= 0.3 is 0 Å². The monoisotopic (exact) mass is 388 g/mol. The molecule has 2 atom stereocenters. The first kappa shape index (κ1) is 17.9. The molecule has 0 radical (unpaired) electrons. The maximum absolute atomic E-state index is 12.8. The molecular weight excluding hydrogens is 364 g/mol. The number of aryl methyl sites for hydroxylation is 1. The van der Waals surface area contributed by atoms with Crippen LogP contribution in [0.4, 0.5) is 5.69 Å². The van der Waals surface area contributed by atoms with Crippen LogP contribution in [0.15, 0.2) is 42.5 Å². The molecular formula is C23H24N4O2. The zero-order valence-electron chi connectivity index (χ0n) is 16.2. The standard InChI is InChI=1S/C23H24N4O2/c28-21-11-9-14-12-16(8-10-18(14)25-21)23(29)24-17-5-3-4-15(13-17)22-26-19-6-1-2-7-20(19)27-22/h1-2,6-8,10,12,15,17H,3-5,9,11,13H2,(H,24,29)(H,25,28)(H,26,27)/t15-,17+/m0/s1. The summed E-state index contributed by atoms with van der Waals surface area (Å²) in [6.07, 6.45) is 5.20. The van der Waals surface area contributed by atoms with Crippen molar-refractivity contribution in [2.45, 2.75) is 50.5 Å². The molecule has 0 bridgehead atoms. The Balaban J connectivity index is 1.28. The van der Waals surface area contributed by atoms with E-state index in [1.165, 1.54) is 0 Å². The summed E-state index contributed by atoms with van der Waals surface area (Å²) in [6, 6.07) is 13.8. The number of carbonyl (C=O) groups excluding carboxylic acids is 2. The molecule has 2 amide bonds. The summed E-state index contributed by atoms with van der Waals surface area (Å²) in [5.41, 5.74) is 4.57. The highest BCUT2D eigenvalue weighted by molar-refractivity contribution is 5.98. The van der Waals surface area contributed by atoms with Crippen LogP contribution in [0, 0.1) is 0 Å². The Bertz CT molecular complexity index is 1050. The SMILES string of the molecule is O=C1CCc2cc(C(=O)N[C@@H]3CCC[C@H](c4nc5ccccc5[nH]4)C3)ccc2N1. The van der Waals surface area contributed by atoms with Gasteiger partial charge in [0, 0.05) is 29.6 Å². The molecule has 0 unspecified atom stereocenters. The quantitative estimate of drug-likeness (QED) is 0.636. The lowest BCUT2D eigenvalue weighted by Gasteiger charge is -2.29. The van der Waals surface area contributed by atoms with Gasteiger partial charge in [0.05, 0.1) is 11.0 Å². The van der Waals surface area contributed by atoms with Crippen LogP contribution in [-0.4, -0.2) is 27.8 Å². The number of hydrogen-bond donors (Lipinski definition) is 3. The molecule has 0 spiro atoms. The predicted molar refractivity (Wildman–Crippen MR) is 112 cm³/mol. The maximum atomic E-state index is 12.8. The van der Waals surface area contributed by atoms with Crippen molar-refractivity contribution in [3.8, 4) is 0 Å². The van der Waals surface area contributed by atoms with Crippen LogP contribution in [-0.2, 0) is 11.2 Å². The van der Waals surface area contributed by atoms with Gasteiger partial charge in [-0.1, -0.05) is 18.6 Å². The number of H-pyrrole nitrogens is 1. The molecule has 3 aromatic rings. The maximum Gasteiger partial charge on any atom is 0.251 e. The molecule has 5 rings (SSSR count). The number of aromatic amines is 1. The molecule has 2 aliphatic rings. The van der Waals surface area contributed by atoms with Crippen molar-refractivity contribution in [2.24, 2.45) is 0 Å². The van der Waals surface area contributed by atoms with E-state index in [4.69, 9.17) is 4.98 Å². The smallest absolute Gasteiger partial charge is 0.251 e. The number of fused-ring (bicyclic) bond motifs is 2. The number of nitrogens with one attached hydrogen (secondary N) is 3. The van der Waals surface area contributed by atoms with E-state index >= 15 is 0 Å². The van der Waals surface area contributed by atoms with Crippen molar-refractivity contribution in [3.63, 3.8) is 0 Å². The highest BCUT2D eigenvalue weighted by atomic mass is 16.2. The molecule has 0 saturated heterocycles. The average Bonchev–Trinajstić information content (AvgIpc) is 3.18. The molecule has 1 aliphatic heterocycles. The number of amides is 2. The zero-order chi connectivity index (χ0) is 19.8. The summed E-state index contributed by atoms with van der Waals surface area (Å²) < 4.78 is 0. The van der Waals surface area contributed by atoms with Gasteiger partial charge in [-0.2, -0.15) is 0 Å². The van der Waals surface area contributed by atoms with Crippen LogP contribution in [0.5, 0.6) is 0 Å². The van der Waals surface area contributed by atoms with E-state index in [9.17, 15) is 9.59 Å². The molecule has 6 nitrogen and oxygen atoms in total. The third kappa shape index (κ3) is 3.62. The molecule has 148 valence electrons. The third-order valence-corrected chi connectivity index (χ3v) is 6.07. The van der Waals surface area contributed by atoms with E-state index in [0.717, 1.165) is 53.8 Å². The van der Waals surface area contributed by atoms with Crippen molar-refractivity contribution in [3.05, 3.63) is 59.4 Å². The fraction of sp³-hybridized carbons (Fsp3) is 0.348. The number of anilines is 1. The summed E-state index contributed by atoms with van der Waals surface area (Å²) in [5.74, 6) is 1.35. The van der Waals surface area contributed by atoms with Crippen molar-refractivity contribution >= 4 is 28.5 Å². The summed E-state index contributed by atoms with van der Waals surface area (Å²) in [5, 5.41) is 6.08.